The fourth-order valence-corrected chi connectivity index (χ4v) is 3.29. The molecule has 0 atom stereocenters. The van der Waals surface area contributed by atoms with E-state index < -0.39 is 0 Å². The number of hydrogen-bond donors (Lipinski definition) is 2. The third-order valence-electron chi connectivity index (χ3n) is 5.01. The maximum Gasteiger partial charge on any atom is 0.321 e. The second-order valence-electron chi connectivity index (χ2n) is 7.21. The summed E-state index contributed by atoms with van der Waals surface area (Å²) in [6.45, 7) is 2.18. The van der Waals surface area contributed by atoms with Crippen LogP contribution in [0.3, 0.4) is 0 Å². The molecule has 1 fully saturated rings. The van der Waals surface area contributed by atoms with Gasteiger partial charge < -0.3 is 24.7 Å². The fraction of sp³-hybridized carbons (Fsp3) is 0.227. The molecule has 4 aromatic rings. The van der Waals surface area contributed by atoms with Gasteiger partial charge in [0.15, 0.2) is 0 Å². The molecule has 30 heavy (non-hydrogen) atoms. The van der Waals surface area contributed by atoms with Crippen molar-refractivity contribution in [2.45, 2.75) is 12.6 Å². The highest BCUT2D eigenvalue weighted by atomic mass is 16.5. The number of benzene rings is 2. The van der Waals surface area contributed by atoms with Crippen LogP contribution in [-0.4, -0.2) is 38.8 Å². The number of aryl methyl sites for hydroxylation is 1. The topological polar surface area (TPSA) is 86.1 Å². The average Bonchev–Trinajstić information content (AvgIpc) is 3.06. The predicted octanol–water partition coefficient (Wildman–Crippen LogP) is 3.58. The highest BCUT2D eigenvalue weighted by Crippen LogP contribution is 2.24. The van der Waals surface area contributed by atoms with E-state index in [4.69, 9.17) is 14.5 Å². The van der Waals surface area contributed by atoms with Gasteiger partial charge in [0.1, 0.15) is 5.75 Å². The number of nitrogens with zero attached hydrogens (tertiary/aromatic N) is 4. The first-order valence-corrected chi connectivity index (χ1v) is 9.83. The van der Waals surface area contributed by atoms with Gasteiger partial charge in [0.05, 0.1) is 30.3 Å². The number of anilines is 2. The normalized spacial score (nSPS) is 13.8. The average molecular weight is 402 g/mol. The van der Waals surface area contributed by atoms with Gasteiger partial charge in [0, 0.05) is 31.7 Å². The molecular weight excluding hydrogens is 380 g/mol. The molecule has 3 heterocycles. The molecule has 0 unspecified atom stereocenters. The zero-order valence-electron chi connectivity index (χ0n) is 16.6. The number of imidazole rings is 1. The Morgan fingerprint density at radius 2 is 1.90 bits per heavy atom. The summed E-state index contributed by atoms with van der Waals surface area (Å²) in [5.74, 6) is 1.52. The van der Waals surface area contributed by atoms with Crippen molar-refractivity contribution in [1.29, 1.82) is 0 Å². The first-order valence-electron chi connectivity index (χ1n) is 9.83. The maximum atomic E-state index is 5.63. The first-order chi connectivity index (χ1) is 14.7. The molecule has 0 spiro atoms. The Morgan fingerprint density at radius 1 is 1.10 bits per heavy atom. The lowest BCUT2D eigenvalue weighted by atomic mass is 10.2. The molecule has 0 amide bonds. The van der Waals surface area contributed by atoms with E-state index in [2.05, 4.69) is 37.3 Å². The Morgan fingerprint density at radius 3 is 2.63 bits per heavy atom. The SMILES string of the molecule is Cn1c(NCc2ccc(Oc3ncccn3)cc2)nc2ccc(NC3COC3)cc21. The Balaban J connectivity index is 1.24. The molecule has 1 aliphatic heterocycles. The van der Waals surface area contributed by atoms with Crippen molar-refractivity contribution in [1.82, 2.24) is 19.5 Å². The first kappa shape index (κ1) is 18.4. The quantitative estimate of drug-likeness (QED) is 0.489. The summed E-state index contributed by atoms with van der Waals surface area (Å²) in [7, 11) is 2.02. The third-order valence-corrected chi connectivity index (χ3v) is 5.01. The molecular formula is C22H22N6O2. The zero-order chi connectivity index (χ0) is 20.3. The van der Waals surface area contributed by atoms with E-state index in [1.54, 1.807) is 18.5 Å². The minimum absolute atomic E-state index is 0.335. The zero-order valence-corrected chi connectivity index (χ0v) is 16.6. The van der Waals surface area contributed by atoms with Crippen LogP contribution in [0.25, 0.3) is 11.0 Å². The Bertz CT molecular complexity index is 1140. The second-order valence-corrected chi connectivity index (χ2v) is 7.21. The van der Waals surface area contributed by atoms with E-state index >= 15 is 0 Å². The molecule has 0 saturated carbocycles. The standard InChI is InChI=1S/C22H22N6O2/c1-28-20-11-16(26-17-13-29-14-17)5-8-19(20)27-21(28)25-12-15-3-6-18(7-4-15)30-22-23-9-2-10-24-22/h2-11,17,26H,12-14H2,1H3,(H,25,27). The van der Waals surface area contributed by atoms with Crippen LogP contribution in [0.2, 0.25) is 0 Å². The summed E-state index contributed by atoms with van der Waals surface area (Å²) in [6, 6.07) is 16.6. The number of rotatable bonds is 7. The van der Waals surface area contributed by atoms with Gasteiger partial charge in [0.2, 0.25) is 5.95 Å². The van der Waals surface area contributed by atoms with Crippen LogP contribution in [0, 0.1) is 0 Å². The van der Waals surface area contributed by atoms with Crippen LogP contribution in [0.1, 0.15) is 5.56 Å². The Hall–Kier alpha value is -3.65. The van der Waals surface area contributed by atoms with Crippen LogP contribution in [0.15, 0.2) is 60.9 Å². The van der Waals surface area contributed by atoms with Crippen molar-refractivity contribution in [3.8, 4) is 11.8 Å². The fourth-order valence-electron chi connectivity index (χ4n) is 3.29. The Labute approximate surface area is 173 Å². The minimum Gasteiger partial charge on any atom is -0.424 e. The van der Waals surface area contributed by atoms with Gasteiger partial charge in [-0.2, -0.15) is 0 Å². The lowest BCUT2D eigenvalue weighted by molar-refractivity contribution is 0.0211. The van der Waals surface area contributed by atoms with E-state index in [0.29, 0.717) is 24.3 Å². The summed E-state index contributed by atoms with van der Waals surface area (Å²) in [4.78, 5) is 12.8. The lowest BCUT2D eigenvalue weighted by Crippen LogP contribution is -2.40. The van der Waals surface area contributed by atoms with Crippen LogP contribution < -0.4 is 15.4 Å². The molecule has 5 rings (SSSR count). The smallest absolute Gasteiger partial charge is 0.321 e. The van der Waals surface area contributed by atoms with Crippen molar-refractivity contribution >= 4 is 22.7 Å². The van der Waals surface area contributed by atoms with Gasteiger partial charge in [-0.1, -0.05) is 12.1 Å². The number of fused-ring (bicyclic) bond motifs is 1. The molecule has 152 valence electrons. The van der Waals surface area contributed by atoms with Crippen LogP contribution in [-0.2, 0) is 18.3 Å². The monoisotopic (exact) mass is 402 g/mol. The molecule has 2 aromatic heterocycles. The van der Waals surface area contributed by atoms with E-state index in [1.807, 2.05) is 37.4 Å². The molecule has 2 aromatic carbocycles. The molecule has 2 N–H and O–H groups in total. The van der Waals surface area contributed by atoms with Gasteiger partial charge in [-0.3, -0.25) is 0 Å². The predicted molar refractivity (Wildman–Crippen MR) is 115 cm³/mol. The lowest BCUT2D eigenvalue weighted by Gasteiger charge is -2.27. The van der Waals surface area contributed by atoms with Gasteiger partial charge in [-0.15, -0.1) is 0 Å². The largest absolute Gasteiger partial charge is 0.424 e. The van der Waals surface area contributed by atoms with Crippen LogP contribution in [0.5, 0.6) is 11.8 Å². The van der Waals surface area contributed by atoms with Crippen LogP contribution >= 0.6 is 0 Å². The second kappa shape index (κ2) is 8.00. The van der Waals surface area contributed by atoms with E-state index in [9.17, 15) is 0 Å². The summed E-state index contributed by atoms with van der Waals surface area (Å²) < 4.78 is 12.9. The molecule has 1 saturated heterocycles. The number of aromatic nitrogens is 4. The molecule has 1 aliphatic rings. The Kier molecular flexibility index (Phi) is 4.90. The molecule has 0 bridgehead atoms. The van der Waals surface area contributed by atoms with E-state index in [-0.39, 0.29) is 0 Å². The summed E-state index contributed by atoms with van der Waals surface area (Å²) in [5.41, 5.74) is 4.25. The van der Waals surface area contributed by atoms with Gasteiger partial charge in [-0.25, -0.2) is 15.0 Å². The van der Waals surface area contributed by atoms with E-state index in [0.717, 1.165) is 41.4 Å². The van der Waals surface area contributed by atoms with Crippen molar-refractivity contribution < 1.29 is 9.47 Å². The molecule has 0 aliphatic carbocycles. The number of ether oxygens (including phenoxy) is 2. The highest BCUT2D eigenvalue weighted by molar-refractivity contribution is 5.82. The van der Waals surface area contributed by atoms with Gasteiger partial charge >= 0.3 is 6.01 Å². The number of hydrogen-bond acceptors (Lipinski definition) is 7. The minimum atomic E-state index is 0.335. The van der Waals surface area contributed by atoms with Crippen molar-refractivity contribution in [2.75, 3.05) is 23.8 Å². The summed E-state index contributed by atoms with van der Waals surface area (Å²) in [5, 5.41) is 6.90. The number of nitrogens with one attached hydrogen (secondary N) is 2. The van der Waals surface area contributed by atoms with Crippen molar-refractivity contribution in [3.05, 3.63) is 66.5 Å². The molecule has 0 radical (unpaired) electrons. The maximum absolute atomic E-state index is 5.63. The highest BCUT2D eigenvalue weighted by Gasteiger charge is 2.18. The van der Waals surface area contributed by atoms with Crippen molar-refractivity contribution in [2.24, 2.45) is 7.05 Å². The third kappa shape index (κ3) is 3.90. The van der Waals surface area contributed by atoms with E-state index in [1.165, 1.54) is 0 Å². The van der Waals surface area contributed by atoms with Gasteiger partial charge in [0.25, 0.3) is 0 Å². The summed E-state index contributed by atoms with van der Waals surface area (Å²) >= 11 is 0. The van der Waals surface area contributed by atoms with Crippen LogP contribution in [0.4, 0.5) is 11.6 Å². The van der Waals surface area contributed by atoms with Crippen molar-refractivity contribution in [3.63, 3.8) is 0 Å². The molecule has 8 nitrogen and oxygen atoms in total. The summed E-state index contributed by atoms with van der Waals surface area (Å²) in [6.07, 6.45) is 3.30. The molecule has 8 heteroatoms. The van der Waals surface area contributed by atoms with Gasteiger partial charge in [-0.05, 0) is 42.0 Å².